The van der Waals surface area contributed by atoms with Crippen LogP contribution in [0.5, 0.6) is 11.5 Å². The van der Waals surface area contributed by atoms with Crippen molar-refractivity contribution in [2.45, 2.75) is 6.92 Å². The smallest absolute Gasteiger partial charge is 0.340 e. The SMILES string of the molecule is CCOc1ccc(OCC(=O)Nc2sccc2C(=O)OC)cc1. The van der Waals surface area contributed by atoms with Crippen LogP contribution in [0.25, 0.3) is 0 Å². The molecule has 0 saturated carbocycles. The molecule has 0 spiro atoms. The molecule has 122 valence electrons. The van der Waals surface area contributed by atoms with Crippen molar-refractivity contribution in [3.63, 3.8) is 0 Å². The van der Waals surface area contributed by atoms with E-state index in [1.165, 1.54) is 18.4 Å². The van der Waals surface area contributed by atoms with E-state index in [-0.39, 0.29) is 12.5 Å². The number of ether oxygens (including phenoxy) is 3. The first-order valence-electron chi connectivity index (χ1n) is 6.95. The molecule has 0 aliphatic heterocycles. The summed E-state index contributed by atoms with van der Waals surface area (Å²) in [5.74, 6) is 0.453. The highest BCUT2D eigenvalue weighted by molar-refractivity contribution is 7.14. The molecule has 6 nitrogen and oxygen atoms in total. The van der Waals surface area contributed by atoms with Crippen molar-refractivity contribution in [3.8, 4) is 11.5 Å². The highest BCUT2D eigenvalue weighted by Gasteiger charge is 2.15. The van der Waals surface area contributed by atoms with E-state index >= 15 is 0 Å². The van der Waals surface area contributed by atoms with Crippen LogP contribution < -0.4 is 14.8 Å². The topological polar surface area (TPSA) is 73.9 Å². The first-order chi connectivity index (χ1) is 11.1. The summed E-state index contributed by atoms with van der Waals surface area (Å²) in [5.41, 5.74) is 0.326. The summed E-state index contributed by atoms with van der Waals surface area (Å²) in [4.78, 5) is 23.4. The normalized spacial score (nSPS) is 10.0. The Hall–Kier alpha value is -2.54. The first-order valence-corrected chi connectivity index (χ1v) is 7.83. The molecule has 0 aliphatic rings. The maximum atomic E-state index is 11.9. The molecule has 0 fully saturated rings. The minimum absolute atomic E-state index is 0.160. The third-order valence-electron chi connectivity index (χ3n) is 2.83. The van der Waals surface area contributed by atoms with Gasteiger partial charge in [0, 0.05) is 0 Å². The van der Waals surface area contributed by atoms with Gasteiger partial charge in [0.05, 0.1) is 19.3 Å². The lowest BCUT2D eigenvalue weighted by Crippen LogP contribution is -2.20. The Kier molecular flexibility index (Phi) is 5.99. The molecule has 23 heavy (non-hydrogen) atoms. The van der Waals surface area contributed by atoms with Crippen LogP contribution in [-0.4, -0.2) is 32.2 Å². The van der Waals surface area contributed by atoms with Crippen LogP contribution in [0.15, 0.2) is 35.7 Å². The van der Waals surface area contributed by atoms with E-state index in [1.54, 1.807) is 35.7 Å². The number of hydrogen-bond donors (Lipinski definition) is 1. The van der Waals surface area contributed by atoms with Crippen molar-refractivity contribution in [2.24, 2.45) is 0 Å². The van der Waals surface area contributed by atoms with Crippen molar-refractivity contribution in [1.82, 2.24) is 0 Å². The van der Waals surface area contributed by atoms with Gasteiger partial charge < -0.3 is 19.5 Å². The van der Waals surface area contributed by atoms with Gasteiger partial charge in [-0.1, -0.05) is 0 Å². The largest absolute Gasteiger partial charge is 0.494 e. The minimum Gasteiger partial charge on any atom is -0.494 e. The van der Waals surface area contributed by atoms with Gasteiger partial charge in [0.1, 0.15) is 16.5 Å². The van der Waals surface area contributed by atoms with Gasteiger partial charge in [-0.05, 0) is 42.6 Å². The quantitative estimate of drug-likeness (QED) is 0.788. The molecule has 0 aliphatic carbocycles. The molecule has 1 N–H and O–H groups in total. The Morgan fingerprint density at radius 1 is 1.09 bits per heavy atom. The Balaban J connectivity index is 1.88. The number of methoxy groups -OCH3 is 1. The first kappa shape index (κ1) is 16.8. The molecule has 1 aromatic carbocycles. The van der Waals surface area contributed by atoms with Gasteiger partial charge in [-0.25, -0.2) is 4.79 Å². The third-order valence-corrected chi connectivity index (χ3v) is 3.66. The van der Waals surface area contributed by atoms with Crippen molar-refractivity contribution >= 4 is 28.2 Å². The molecular weight excluding hydrogens is 318 g/mol. The summed E-state index contributed by atoms with van der Waals surface area (Å²) in [5, 5.41) is 4.78. The molecule has 0 unspecified atom stereocenters. The van der Waals surface area contributed by atoms with E-state index in [9.17, 15) is 9.59 Å². The number of rotatable bonds is 7. The summed E-state index contributed by atoms with van der Waals surface area (Å²) >= 11 is 1.25. The van der Waals surface area contributed by atoms with Gasteiger partial charge in [-0.15, -0.1) is 11.3 Å². The fourth-order valence-electron chi connectivity index (χ4n) is 1.79. The summed E-state index contributed by atoms with van der Waals surface area (Å²) in [6.45, 7) is 2.33. The monoisotopic (exact) mass is 335 g/mol. The zero-order valence-corrected chi connectivity index (χ0v) is 13.6. The Bertz CT molecular complexity index is 665. The van der Waals surface area contributed by atoms with Crippen LogP contribution in [0.1, 0.15) is 17.3 Å². The van der Waals surface area contributed by atoms with Crippen molar-refractivity contribution in [1.29, 1.82) is 0 Å². The van der Waals surface area contributed by atoms with Gasteiger partial charge >= 0.3 is 5.97 Å². The number of nitrogens with one attached hydrogen (secondary N) is 1. The van der Waals surface area contributed by atoms with E-state index in [0.29, 0.717) is 22.9 Å². The Morgan fingerprint density at radius 2 is 1.74 bits per heavy atom. The number of anilines is 1. The molecule has 1 amide bonds. The Labute approximate surface area is 138 Å². The molecule has 2 rings (SSSR count). The third kappa shape index (κ3) is 4.72. The predicted molar refractivity (Wildman–Crippen MR) is 87.4 cm³/mol. The van der Waals surface area contributed by atoms with Gasteiger partial charge in [-0.2, -0.15) is 0 Å². The summed E-state index contributed by atoms with van der Waals surface area (Å²) < 4.78 is 15.4. The number of amides is 1. The maximum Gasteiger partial charge on any atom is 0.340 e. The molecule has 0 bridgehead atoms. The molecular formula is C16H17NO5S. The summed E-state index contributed by atoms with van der Waals surface area (Å²) in [6.07, 6.45) is 0. The fraction of sp³-hybridized carbons (Fsp3) is 0.250. The van der Waals surface area contributed by atoms with Crippen molar-refractivity contribution < 1.29 is 23.8 Å². The average Bonchev–Trinajstić information content (AvgIpc) is 3.02. The number of thiophene rings is 1. The molecule has 1 heterocycles. The lowest BCUT2D eigenvalue weighted by molar-refractivity contribution is -0.118. The minimum atomic E-state index is -0.492. The lowest BCUT2D eigenvalue weighted by atomic mass is 10.3. The Morgan fingerprint density at radius 3 is 2.35 bits per heavy atom. The molecule has 1 aromatic heterocycles. The number of hydrogen-bond acceptors (Lipinski definition) is 6. The molecule has 7 heteroatoms. The van der Waals surface area contributed by atoms with Crippen LogP contribution >= 0.6 is 11.3 Å². The second-order valence-electron chi connectivity index (χ2n) is 4.40. The van der Waals surface area contributed by atoms with Gasteiger partial charge in [0.25, 0.3) is 5.91 Å². The summed E-state index contributed by atoms with van der Waals surface area (Å²) in [6, 6.07) is 8.59. The van der Waals surface area contributed by atoms with E-state index in [0.717, 1.165) is 5.75 Å². The fourth-order valence-corrected chi connectivity index (χ4v) is 2.58. The molecule has 2 aromatic rings. The number of benzene rings is 1. The van der Waals surface area contributed by atoms with Gasteiger partial charge in [0.15, 0.2) is 6.61 Å². The summed E-state index contributed by atoms with van der Waals surface area (Å²) in [7, 11) is 1.29. The van der Waals surface area contributed by atoms with Gasteiger partial charge in [-0.3, -0.25) is 4.79 Å². The number of esters is 1. The maximum absolute atomic E-state index is 11.9. The zero-order chi connectivity index (χ0) is 16.7. The second kappa shape index (κ2) is 8.19. The van der Waals surface area contributed by atoms with E-state index < -0.39 is 5.97 Å². The van der Waals surface area contributed by atoms with E-state index in [2.05, 4.69) is 10.1 Å². The van der Waals surface area contributed by atoms with Crippen LogP contribution in [0.3, 0.4) is 0 Å². The average molecular weight is 335 g/mol. The predicted octanol–water partition coefficient (Wildman–Crippen LogP) is 2.95. The van der Waals surface area contributed by atoms with E-state index in [4.69, 9.17) is 9.47 Å². The highest BCUT2D eigenvalue weighted by atomic mass is 32.1. The van der Waals surface area contributed by atoms with Crippen LogP contribution in [-0.2, 0) is 9.53 Å². The van der Waals surface area contributed by atoms with Crippen LogP contribution in [0, 0.1) is 0 Å². The van der Waals surface area contributed by atoms with E-state index in [1.807, 2.05) is 6.92 Å². The molecule has 0 saturated heterocycles. The van der Waals surface area contributed by atoms with Crippen molar-refractivity contribution in [2.75, 3.05) is 25.6 Å². The van der Waals surface area contributed by atoms with Crippen LogP contribution in [0.4, 0.5) is 5.00 Å². The van der Waals surface area contributed by atoms with Crippen LogP contribution in [0.2, 0.25) is 0 Å². The number of carbonyl (C=O) groups excluding carboxylic acids is 2. The lowest BCUT2D eigenvalue weighted by Gasteiger charge is -2.08. The standard InChI is InChI=1S/C16H17NO5S/c1-3-21-11-4-6-12(7-5-11)22-10-14(18)17-15-13(8-9-23-15)16(19)20-2/h4-9H,3,10H2,1-2H3,(H,17,18). The van der Waals surface area contributed by atoms with Crippen molar-refractivity contribution in [3.05, 3.63) is 41.3 Å². The number of carbonyl (C=O) groups is 2. The van der Waals surface area contributed by atoms with Gasteiger partial charge in [0.2, 0.25) is 0 Å². The second-order valence-corrected chi connectivity index (χ2v) is 5.31. The highest BCUT2D eigenvalue weighted by Crippen LogP contribution is 2.24. The zero-order valence-electron chi connectivity index (χ0n) is 12.8. The molecule has 0 radical (unpaired) electrons. The molecule has 0 atom stereocenters.